The second kappa shape index (κ2) is 8.87. The SMILES string of the molecule is COc1ccc(C)cc1N1CCN(C(=O)Nc2ccccc2OC(C)C)CC1. The Bertz CT molecular complexity index is 814. The molecule has 2 aromatic rings. The van der Waals surface area contributed by atoms with Crippen LogP contribution in [0, 0.1) is 6.92 Å². The minimum Gasteiger partial charge on any atom is -0.495 e. The molecule has 0 saturated carbocycles. The van der Waals surface area contributed by atoms with E-state index < -0.39 is 0 Å². The fraction of sp³-hybridized carbons (Fsp3) is 0.409. The van der Waals surface area contributed by atoms with Crippen LogP contribution in [-0.2, 0) is 0 Å². The monoisotopic (exact) mass is 383 g/mol. The molecule has 0 atom stereocenters. The summed E-state index contributed by atoms with van der Waals surface area (Å²) in [5, 5.41) is 2.99. The van der Waals surface area contributed by atoms with Crippen molar-refractivity contribution in [3.63, 3.8) is 0 Å². The number of para-hydroxylation sites is 2. The van der Waals surface area contributed by atoms with E-state index in [0.29, 0.717) is 24.5 Å². The first-order valence-electron chi connectivity index (χ1n) is 9.69. The first-order valence-corrected chi connectivity index (χ1v) is 9.69. The van der Waals surface area contributed by atoms with Crippen LogP contribution in [0.2, 0.25) is 0 Å². The molecule has 2 amide bonds. The molecule has 2 aromatic carbocycles. The van der Waals surface area contributed by atoms with Crippen LogP contribution in [0.3, 0.4) is 0 Å². The number of aryl methyl sites for hydroxylation is 1. The molecule has 150 valence electrons. The van der Waals surface area contributed by atoms with E-state index in [-0.39, 0.29) is 12.1 Å². The first-order chi connectivity index (χ1) is 13.5. The van der Waals surface area contributed by atoms with Gasteiger partial charge in [-0.15, -0.1) is 0 Å². The Morgan fingerprint density at radius 2 is 1.75 bits per heavy atom. The number of ether oxygens (including phenoxy) is 2. The number of hydrogen-bond donors (Lipinski definition) is 1. The van der Waals surface area contributed by atoms with Crippen LogP contribution in [0.15, 0.2) is 42.5 Å². The number of amides is 2. The number of piperazine rings is 1. The summed E-state index contributed by atoms with van der Waals surface area (Å²) in [7, 11) is 1.69. The molecule has 6 heteroatoms. The Morgan fingerprint density at radius 3 is 2.43 bits per heavy atom. The van der Waals surface area contributed by atoms with Crippen molar-refractivity contribution in [3.05, 3.63) is 48.0 Å². The van der Waals surface area contributed by atoms with Crippen molar-refractivity contribution in [1.29, 1.82) is 0 Å². The lowest BCUT2D eigenvalue weighted by molar-refractivity contribution is 0.207. The lowest BCUT2D eigenvalue weighted by Gasteiger charge is -2.36. The quantitative estimate of drug-likeness (QED) is 0.843. The maximum atomic E-state index is 12.7. The van der Waals surface area contributed by atoms with Gasteiger partial charge in [-0.3, -0.25) is 0 Å². The van der Waals surface area contributed by atoms with E-state index in [9.17, 15) is 4.79 Å². The van der Waals surface area contributed by atoms with Gasteiger partial charge in [-0.05, 0) is 50.6 Å². The number of benzene rings is 2. The highest BCUT2D eigenvalue weighted by Gasteiger charge is 2.23. The van der Waals surface area contributed by atoms with Crippen LogP contribution in [0.25, 0.3) is 0 Å². The number of carbonyl (C=O) groups excluding carboxylic acids is 1. The Labute approximate surface area is 167 Å². The topological polar surface area (TPSA) is 54.0 Å². The second-order valence-electron chi connectivity index (χ2n) is 7.24. The van der Waals surface area contributed by atoms with Crippen LogP contribution in [0.4, 0.5) is 16.2 Å². The molecule has 28 heavy (non-hydrogen) atoms. The molecule has 1 aliphatic heterocycles. The molecule has 0 spiro atoms. The third-order valence-electron chi connectivity index (χ3n) is 4.73. The van der Waals surface area contributed by atoms with E-state index in [4.69, 9.17) is 9.47 Å². The van der Waals surface area contributed by atoms with Crippen LogP contribution in [0.5, 0.6) is 11.5 Å². The molecule has 0 aliphatic carbocycles. The zero-order valence-electron chi connectivity index (χ0n) is 17.1. The number of nitrogens with one attached hydrogen (secondary N) is 1. The summed E-state index contributed by atoms with van der Waals surface area (Å²) < 4.78 is 11.3. The van der Waals surface area contributed by atoms with Crippen LogP contribution < -0.4 is 19.7 Å². The van der Waals surface area contributed by atoms with Gasteiger partial charge >= 0.3 is 6.03 Å². The van der Waals surface area contributed by atoms with E-state index in [1.807, 2.05) is 55.1 Å². The van der Waals surface area contributed by atoms with Crippen molar-refractivity contribution in [2.45, 2.75) is 26.9 Å². The molecule has 0 aromatic heterocycles. The maximum Gasteiger partial charge on any atom is 0.322 e. The van der Waals surface area contributed by atoms with Gasteiger partial charge in [-0.1, -0.05) is 18.2 Å². The average Bonchev–Trinajstić information content (AvgIpc) is 2.69. The predicted octanol–water partition coefficient (Wildman–Crippen LogP) is 4.14. The number of methoxy groups -OCH3 is 1. The van der Waals surface area contributed by atoms with Gasteiger partial charge in [0.1, 0.15) is 11.5 Å². The summed E-state index contributed by atoms with van der Waals surface area (Å²) in [6, 6.07) is 13.6. The normalized spacial score (nSPS) is 14.2. The molecule has 3 rings (SSSR count). The number of urea groups is 1. The van der Waals surface area contributed by atoms with Crippen molar-refractivity contribution in [3.8, 4) is 11.5 Å². The fourth-order valence-electron chi connectivity index (χ4n) is 3.32. The van der Waals surface area contributed by atoms with Crippen molar-refractivity contribution in [2.75, 3.05) is 43.5 Å². The van der Waals surface area contributed by atoms with E-state index in [0.717, 1.165) is 24.5 Å². The second-order valence-corrected chi connectivity index (χ2v) is 7.24. The molecule has 1 saturated heterocycles. The highest BCUT2D eigenvalue weighted by atomic mass is 16.5. The third kappa shape index (κ3) is 4.68. The zero-order chi connectivity index (χ0) is 20.1. The first kappa shape index (κ1) is 19.9. The molecule has 1 N–H and O–H groups in total. The zero-order valence-corrected chi connectivity index (χ0v) is 17.1. The van der Waals surface area contributed by atoms with E-state index in [1.54, 1.807) is 7.11 Å². The van der Waals surface area contributed by atoms with Gasteiger partial charge < -0.3 is 24.6 Å². The molecular weight excluding hydrogens is 354 g/mol. The number of rotatable bonds is 5. The number of hydrogen-bond acceptors (Lipinski definition) is 4. The summed E-state index contributed by atoms with van der Waals surface area (Å²) in [4.78, 5) is 16.8. The fourth-order valence-corrected chi connectivity index (χ4v) is 3.32. The summed E-state index contributed by atoms with van der Waals surface area (Å²) in [5.74, 6) is 1.55. The van der Waals surface area contributed by atoms with Gasteiger partial charge in [-0.2, -0.15) is 0 Å². The summed E-state index contributed by atoms with van der Waals surface area (Å²) >= 11 is 0. The van der Waals surface area contributed by atoms with Crippen molar-refractivity contribution >= 4 is 17.4 Å². The Balaban J connectivity index is 1.63. The molecule has 0 radical (unpaired) electrons. The molecule has 1 aliphatic rings. The molecule has 0 unspecified atom stereocenters. The Kier molecular flexibility index (Phi) is 6.29. The van der Waals surface area contributed by atoms with E-state index in [2.05, 4.69) is 23.2 Å². The minimum absolute atomic E-state index is 0.0471. The Morgan fingerprint density at radius 1 is 1.04 bits per heavy atom. The van der Waals surface area contributed by atoms with E-state index in [1.165, 1.54) is 5.56 Å². The molecular formula is C22H29N3O3. The number of carbonyl (C=O) groups is 1. The van der Waals surface area contributed by atoms with Gasteiger partial charge in [0.2, 0.25) is 0 Å². The maximum absolute atomic E-state index is 12.7. The number of anilines is 2. The summed E-state index contributed by atoms with van der Waals surface area (Å²) in [6.45, 7) is 8.83. The molecule has 0 bridgehead atoms. The molecule has 1 fully saturated rings. The van der Waals surface area contributed by atoms with Crippen LogP contribution in [-0.4, -0.2) is 50.3 Å². The predicted molar refractivity (Wildman–Crippen MR) is 113 cm³/mol. The van der Waals surface area contributed by atoms with E-state index >= 15 is 0 Å². The van der Waals surface area contributed by atoms with Crippen LogP contribution in [0.1, 0.15) is 19.4 Å². The standard InChI is InChI=1S/C22H29N3O3/c1-16(2)28-20-8-6-5-7-18(20)23-22(26)25-13-11-24(12-14-25)19-15-17(3)9-10-21(19)27-4/h5-10,15-16H,11-14H2,1-4H3,(H,23,26). The molecule has 6 nitrogen and oxygen atoms in total. The minimum atomic E-state index is -0.101. The van der Waals surface area contributed by atoms with Gasteiger partial charge in [0.25, 0.3) is 0 Å². The highest BCUT2D eigenvalue weighted by molar-refractivity contribution is 5.91. The molecule has 1 heterocycles. The lowest BCUT2D eigenvalue weighted by Crippen LogP contribution is -2.50. The van der Waals surface area contributed by atoms with Crippen molar-refractivity contribution in [2.24, 2.45) is 0 Å². The third-order valence-corrected chi connectivity index (χ3v) is 4.73. The highest BCUT2D eigenvalue weighted by Crippen LogP contribution is 2.30. The number of nitrogens with zero attached hydrogens (tertiary/aromatic N) is 2. The van der Waals surface area contributed by atoms with Gasteiger partial charge in [-0.25, -0.2) is 4.79 Å². The van der Waals surface area contributed by atoms with Gasteiger partial charge in [0.15, 0.2) is 0 Å². The summed E-state index contributed by atoms with van der Waals surface area (Å²) in [6.07, 6.45) is 0.0471. The Hall–Kier alpha value is -2.89. The van der Waals surface area contributed by atoms with Crippen molar-refractivity contribution in [1.82, 2.24) is 4.90 Å². The largest absolute Gasteiger partial charge is 0.495 e. The van der Waals surface area contributed by atoms with Crippen molar-refractivity contribution < 1.29 is 14.3 Å². The smallest absolute Gasteiger partial charge is 0.322 e. The van der Waals surface area contributed by atoms with Gasteiger partial charge in [0, 0.05) is 26.2 Å². The summed E-state index contributed by atoms with van der Waals surface area (Å²) in [5.41, 5.74) is 2.97. The average molecular weight is 383 g/mol. The van der Waals surface area contributed by atoms with Crippen LogP contribution >= 0.6 is 0 Å². The van der Waals surface area contributed by atoms with Gasteiger partial charge in [0.05, 0.1) is 24.6 Å². The lowest BCUT2D eigenvalue weighted by atomic mass is 10.1.